The highest BCUT2D eigenvalue weighted by Gasteiger charge is 2.31. The van der Waals surface area contributed by atoms with Gasteiger partial charge < -0.3 is 10.2 Å². The van der Waals surface area contributed by atoms with Gasteiger partial charge in [0.05, 0.1) is 10.9 Å². The second-order valence-corrected chi connectivity index (χ2v) is 9.47. The van der Waals surface area contributed by atoms with Crippen LogP contribution >= 0.6 is 11.3 Å². The zero-order chi connectivity index (χ0) is 23.5. The standard InChI is InChI=1S/C24H26N4O4S/c1-15(2)19-7-8-20(33-19)23(31)25-13-18-17-6-4-3-5-16(17)9-12-28(18)22(30)14-27-11-10-21(29)26-24(27)32/h3-8,10-11,15,18H,9,12-14H2,1-2H3,(H,25,31)(H,26,29,32). The third kappa shape index (κ3) is 4.98. The molecule has 0 saturated heterocycles. The van der Waals surface area contributed by atoms with Crippen molar-refractivity contribution < 1.29 is 9.59 Å². The van der Waals surface area contributed by atoms with Crippen LogP contribution in [0.2, 0.25) is 0 Å². The van der Waals surface area contributed by atoms with Gasteiger partial charge in [0.15, 0.2) is 0 Å². The van der Waals surface area contributed by atoms with E-state index in [4.69, 9.17) is 0 Å². The van der Waals surface area contributed by atoms with Crippen LogP contribution in [0.1, 0.15) is 51.5 Å². The lowest BCUT2D eigenvalue weighted by molar-refractivity contribution is -0.134. The smallest absolute Gasteiger partial charge is 0.328 e. The van der Waals surface area contributed by atoms with Gasteiger partial charge in [0.1, 0.15) is 6.54 Å². The molecule has 1 aromatic carbocycles. The Morgan fingerprint density at radius 1 is 1.15 bits per heavy atom. The largest absolute Gasteiger partial charge is 0.349 e. The van der Waals surface area contributed by atoms with Gasteiger partial charge in [0, 0.05) is 30.2 Å². The normalized spacial score (nSPS) is 15.4. The van der Waals surface area contributed by atoms with Crippen LogP contribution in [-0.2, 0) is 17.8 Å². The lowest BCUT2D eigenvalue weighted by Crippen LogP contribution is -2.47. The van der Waals surface area contributed by atoms with E-state index in [1.807, 2.05) is 36.4 Å². The maximum atomic E-state index is 13.2. The number of hydrogen-bond acceptors (Lipinski definition) is 5. The van der Waals surface area contributed by atoms with Crippen LogP contribution in [0.3, 0.4) is 0 Å². The summed E-state index contributed by atoms with van der Waals surface area (Å²) in [7, 11) is 0. The molecule has 3 aromatic rings. The van der Waals surface area contributed by atoms with Crippen LogP contribution < -0.4 is 16.6 Å². The molecule has 0 radical (unpaired) electrons. The van der Waals surface area contributed by atoms with E-state index in [0.29, 0.717) is 23.8 Å². The van der Waals surface area contributed by atoms with Gasteiger partial charge in [-0.05, 0) is 35.6 Å². The predicted molar refractivity (Wildman–Crippen MR) is 127 cm³/mol. The summed E-state index contributed by atoms with van der Waals surface area (Å²) in [6.07, 6.45) is 2.01. The highest BCUT2D eigenvalue weighted by Crippen LogP contribution is 2.30. The molecular formula is C24H26N4O4S. The van der Waals surface area contributed by atoms with Crippen molar-refractivity contribution in [1.82, 2.24) is 19.8 Å². The molecular weight excluding hydrogens is 440 g/mol. The molecule has 1 aliphatic heterocycles. The fourth-order valence-electron chi connectivity index (χ4n) is 4.04. The van der Waals surface area contributed by atoms with Gasteiger partial charge in [-0.3, -0.25) is 23.9 Å². The van der Waals surface area contributed by atoms with Crippen LogP contribution in [-0.4, -0.2) is 39.4 Å². The molecule has 1 aliphatic rings. The number of aromatic amines is 1. The third-order valence-electron chi connectivity index (χ3n) is 5.81. The first-order chi connectivity index (χ1) is 15.8. The Hall–Kier alpha value is -3.46. The number of amides is 2. The number of thiophene rings is 1. The van der Waals surface area contributed by atoms with Gasteiger partial charge in [0.2, 0.25) is 5.91 Å². The number of hydrogen-bond donors (Lipinski definition) is 2. The number of fused-ring (bicyclic) bond motifs is 1. The first-order valence-corrected chi connectivity index (χ1v) is 11.7. The summed E-state index contributed by atoms with van der Waals surface area (Å²) in [5.41, 5.74) is 0.989. The van der Waals surface area contributed by atoms with Crippen LogP contribution in [0.15, 0.2) is 58.3 Å². The molecule has 0 aliphatic carbocycles. The first-order valence-electron chi connectivity index (χ1n) is 10.9. The lowest BCUT2D eigenvalue weighted by atomic mass is 9.92. The quantitative estimate of drug-likeness (QED) is 0.582. The van der Waals surface area contributed by atoms with Crippen LogP contribution in [0.5, 0.6) is 0 Å². The van der Waals surface area contributed by atoms with E-state index in [-0.39, 0.29) is 30.9 Å². The minimum absolute atomic E-state index is 0.167. The highest BCUT2D eigenvalue weighted by atomic mass is 32.1. The van der Waals surface area contributed by atoms with Crippen molar-refractivity contribution in [3.63, 3.8) is 0 Å². The summed E-state index contributed by atoms with van der Waals surface area (Å²) < 4.78 is 1.18. The SMILES string of the molecule is CC(C)c1ccc(C(=O)NCC2c3ccccc3CCN2C(=O)Cn2ccc(=O)[nH]c2=O)s1. The Kier molecular flexibility index (Phi) is 6.60. The summed E-state index contributed by atoms with van der Waals surface area (Å²) in [5.74, 6) is -0.0680. The van der Waals surface area contributed by atoms with Crippen molar-refractivity contribution in [3.8, 4) is 0 Å². The molecule has 9 heteroatoms. The van der Waals surface area contributed by atoms with Crippen LogP contribution in [0.25, 0.3) is 0 Å². The molecule has 2 amide bonds. The van der Waals surface area contributed by atoms with Crippen molar-refractivity contribution in [1.29, 1.82) is 0 Å². The van der Waals surface area contributed by atoms with Gasteiger partial charge >= 0.3 is 5.69 Å². The molecule has 8 nitrogen and oxygen atoms in total. The zero-order valence-electron chi connectivity index (χ0n) is 18.5. The van der Waals surface area contributed by atoms with E-state index < -0.39 is 11.2 Å². The molecule has 0 fully saturated rings. The molecule has 2 N–H and O–H groups in total. The molecule has 3 heterocycles. The zero-order valence-corrected chi connectivity index (χ0v) is 19.4. The average Bonchev–Trinajstić information content (AvgIpc) is 3.30. The Morgan fingerprint density at radius 3 is 2.67 bits per heavy atom. The Bertz CT molecular complexity index is 1290. The lowest BCUT2D eigenvalue weighted by Gasteiger charge is -2.37. The predicted octanol–water partition coefficient (Wildman–Crippen LogP) is 2.28. The number of nitrogens with one attached hydrogen (secondary N) is 2. The van der Waals surface area contributed by atoms with Gasteiger partial charge in [-0.25, -0.2) is 4.79 Å². The highest BCUT2D eigenvalue weighted by molar-refractivity contribution is 7.14. The molecule has 0 saturated carbocycles. The van der Waals surface area contributed by atoms with Gasteiger partial charge in [-0.15, -0.1) is 11.3 Å². The number of aromatic nitrogens is 2. The molecule has 1 unspecified atom stereocenters. The fraction of sp³-hybridized carbons (Fsp3) is 0.333. The monoisotopic (exact) mass is 466 g/mol. The molecule has 0 spiro atoms. The first kappa shape index (κ1) is 22.7. The molecule has 33 heavy (non-hydrogen) atoms. The van der Waals surface area contributed by atoms with Gasteiger partial charge in [-0.2, -0.15) is 0 Å². The molecule has 4 rings (SSSR count). The minimum Gasteiger partial charge on any atom is -0.349 e. The van der Waals surface area contributed by atoms with E-state index in [0.717, 1.165) is 16.0 Å². The topological polar surface area (TPSA) is 104 Å². The summed E-state index contributed by atoms with van der Waals surface area (Å²) in [6.45, 7) is 4.72. The molecule has 1 atom stereocenters. The van der Waals surface area contributed by atoms with Gasteiger partial charge in [-0.1, -0.05) is 38.1 Å². The number of carbonyl (C=O) groups is 2. The second-order valence-electron chi connectivity index (χ2n) is 8.36. The van der Waals surface area contributed by atoms with Crippen molar-refractivity contribution >= 4 is 23.2 Å². The third-order valence-corrected chi connectivity index (χ3v) is 7.20. The van der Waals surface area contributed by atoms with E-state index in [1.54, 1.807) is 4.90 Å². The Labute approximate surface area is 194 Å². The Morgan fingerprint density at radius 2 is 1.94 bits per heavy atom. The van der Waals surface area contributed by atoms with Crippen LogP contribution in [0, 0.1) is 0 Å². The maximum absolute atomic E-state index is 13.2. The molecule has 0 bridgehead atoms. The van der Waals surface area contributed by atoms with Gasteiger partial charge in [0.25, 0.3) is 11.5 Å². The second kappa shape index (κ2) is 9.58. The maximum Gasteiger partial charge on any atom is 0.328 e. The van der Waals surface area contributed by atoms with Crippen molar-refractivity contribution in [2.75, 3.05) is 13.1 Å². The fourth-order valence-corrected chi connectivity index (χ4v) is 4.96. The summed E-state index contributed by atoms with van der Waals surface area (Å²) in [5, 5.41) is 2.99. The number of nitrogens with zero attached hydrogens (tertiary/aromatic N) is 2. The van der Waals surface area contributed by atoms with E-state index in [9.17, 15) is 19.2 Å². The minimum atomic E-state index is -0.628. The molecule has 172 valence electrons. The summed E-state index contributed by atoms with van der Waals surface area (Å²) in [4.78, 5) is 55.0. The van der Waals surface area contributed by atoms with E-state index >= 15 is 0 Å². The van der Waals surface area contributed by atoms with Crippen molar-refractivity contribution in [3.05, 3.63) is 90.4 Å². The number of H-pyrrole nitrogens is 1. The number of rotatable bonds is 6. The summed E-state index contributed by atoms with van der Waals surface area (Å²) >= 11 is 1.47. The van der Waals surface area contributed by atoms with Crippen LogP contribution in [0.4, 0.5) is 0 Å². The summed E-state index contributed by atoms with van der Waals surface area (Å²) in [6, 6.07) is 12.5. The van der Waals surface area contributed by atoms with Crippen molar-refractivity contribution in [2.45, 2.75) is 38.8 Å². The number of carbonyl (C=O) groups excluding carboxylic acids is 2. The number of benzene rings is 1. The Balaban J connectivity index is 1.54. The average molecular weight is 467 g/mol. The molecule has 2 aromatic heterocycles. The van der Waals surface area contributed by atoms with E-state index in [2.05, 4.69) is 24.1 Å². The van der Waals surface area contributed by atoms with E-state index in [1.165, 1.54) is 28.2 Å². The van der Waals surface area contributed by atoms with Crippen molar-refractivity contribution in [2.24, 2.45) is 0 Å².